The zero-order valence-corrected chi connectivity index (χ0v) is 17.8. The van der Waals surface area contributed by atoms with Crippen LogP contribution in [0.5, 0.6) is 0 Å². The fraction of sp³-hybridized carbons (Fsp3) is 0.478. The molecule has 0 saturated carbocycles. The highest BCUT2D eigenvalue weighted by atomic mass is 15.4. The van der Waals surface area contributed by atoms with Gasteiger partial charge in [-0.05, 0) is 56.6 Å². The van der Waals surface area contributed by atoms with Crippen molar-refractivity contribution in [2.24, 2.45) is 5.10 Å². The predicted octanol–water partition coefficient (Wildman–Crippen LogP) is 4.35. The number of rotatable bonds is 6. The van der Waals surface area contributed by atoms with Gasteiger partial charge in [0.15, 0.2) is 0 Å². The van der Waals surface area contributed by atoms with Gasteiger partial charge in [0.2, 0.25) is 17.8 Å². The Kier molecular flexibility index (Phi) is 6.90. The van der Waals surface area contributed by atoms with Crippen LogP contribution in [0.3, 0.4) is 0 Å². The zero-order valence-electron chi connectivity index (χ0n) is 17.8. The van der Waals surface area contributed by atoms with Crippen molar-refractivity contribution in [3.05, 3.63) is 41.5 Å². The molecule has 4 rings (SSSR count). The molecule has 0 bridgehead atoms. The molecule has 7 nitrogen and oxygen atoms in total. The van der Waals surface area contributed by atoms with Crippen LogP contribution >= 0.6 is 0 Å². The van der Waals surface area contributed by atoms with Crippen LogP contribution in [0.1, 0.15) is 51.0 Å². The number of nitrogens with zero attached hydrogens (tertiary/aromatic N) is 6. The van der Waals surface area contributed by atoms with Crippen LogP contribution in [0.25, 0.3) is 6.08 Å². The van der Waals surface area contributed by atoms with Gasteiger partial charge in [0, 0.05) is 26.2 Å². The van der Waals surface area contributed by atoms with Crippen molar-refractivity contribution in [3.8, 4) is 0 Å². The monoisotopic (exact) mass is 405 g/mol. The van der Waals surface area contributed by atoms with Crippen LogP contribution in [-0.4, -0.2) is 47.3 Å². The van der Waals surface area contributed by atoms with E-state index in [1.807, 2.05) is 25.1 Å². The standard InChI is InChI=1S/C23H31N7/c1-19(17-20-11-5-2-6-12-20)18-24-28-21-25-22(29-13-7-3-8-14-29)27-23(26-21)30-15-9-4-10-16-30/h2,5-6,11-12,17-18H,3-4,7-10,13-16H2,1H3,(H,25,26,27,28)/b19-17+,24-18?. The SMILES string of the molecule is C/C(C=NNc1nc(N2CCCCC2)nc(N2CCCCC2)n1)=C\c1ccccc1. The molecule has 1 N–H and O–H groups in total. The first-order valence-corrected chi connectivity index (χ1v) is 11.1. The maximum absolute atomic E-state index is 4.81. The molecule has 1 aromatic carbocycles. The fourth-order valence-corrected chi connectivity index (χ4v) is 3.92. The van der Waals surface area contributed by atoms with E-state index < -0.39 is 0 Å². The van der Waals surface area contributed by atoms with E-state index in [0.29, 0.717) is 5.95 Å². The highest BCUT2D eigenvalue weighted by Gasteiger charge is 2.20. The molecular formula is C23H31N7. The number of piperidine rings is 2. The summed E-state index contributed by atoms with van der Waals surface area (Å²) in [4.78, 5) is 18.7. The average molecular weight is 406 g/mol. The third kappa shape index (κ3) is 5.55. The topological polar surface area (TPSA) is 69.5 Å². The Morgan fingerprint density at radius 2 is 1.40 bits per heavy atom. The lowest BCUT2D eigenvalue weighted by Crippen LogP contribution is -2.34. The molecule has 1 aromatic heterocycles. The summed E-state index contributed by atoms with van der Waals surface area (Å²) in [5.41, 5.74) is 5.24. The average Bonchev–Trinajstić information content (AvgIpc) is 2.81. The van der Waals surface area contributed by atoms with E-state index in [1.165, 1.54) is 38.5 Å². The van der Waals surface area contributed by atoms with Gasteiger partial charge in [0.1, 0.15) is 0 Å². The second-order valence-corrected chi connectivity index (χ2v) is 8.02. The van der Waals surface area contributed by atoms with Gasteiger partial charge in [0.25, 0.3) is 0 Å². The lowest BCUT2D eigenvalue weighted by molar-refractivity contribution is 0.556. The maximum Gasteiger partial charge on any atom is 0.250 e. The Hall–Kier alpha value is -2.96. The lowest BCUT2D eigenvalue weighted by Gasteiger charge is -2.30. The van der Waals surface area contributed by atoms with Crippen LogP contribution in [0, 0.1) is 0 Å². The summed E-state index contributed by atoms with van der Waals surface area (Å²) in [5, 5.41) is 4.38. The number of hydrazone groups is 1. The van der Waals surface area contributed by atoms with Gasteiger partial charge in [0.05, 0.1) is 6.21 Å². The largest absolute Gasteiger partial charge is 0.341 e. The predicted molar refractivity (Wildman–Crippen MR) is 124 cm³/mol. The molecule has 0 spiro atoms. The number of hydrogen-bond donors (Lipinski definition) is 1. The highest BCUT2D eigenvalue weighted by Crippen LogP contribution is 2.22. The Bertz CT molecular complexity index is 830. The van der Waals surface area contributed by atoms with E-state index in [-0.39, 0.29) is 0 Å². The maximum atomic E-state index is 4.81. The summed E-state index contributed by atoms with van der Waals surface area (Å²) in [6.45, 7) is 6.05. The summed E-state index contributed by atoms with van der Waals surface area (Å²) >= 11 is 0. The van der Waals surface area contributed by atoms with Gasteiger partial charge in [-0.25, -0.2) is 5.43 Å². The van der Waals surface area contributed by atoms with Crippen molar-refractivity contribution in [1.29, 1.82) is 0 Å². The van der Waals surface area contributed by atoms with Crippen molar-refractivity contribution in [1.82, 2.24) is 15.0 Å². The molecule has 0 amide bonds. The lowest BCUT2D eigenvalue weighted by atomic mass is 10.1. The quantitative estimate of drug-likeness (QED) is 0.569. The van der Waals surface area contributed by atoms with Crippen molar-refractivity contribution >= 4 is 30.1 Å². The van der Waals surface area contributed by atoms with Crippen LogP contribution in [-0.2, 0) is 0 Å². The molecule has 2 aliphatic heterocycles. The number of nitrogens with one attached hydrogen (secondary N) is 1. The Morgan fingerprint density at radius 3 is 1.97 bits per heavy atom. The molecule has 0 radical (unpaired) electrons. The second-order valence-electron chi connectivity index (χ2n) is 8.02. The van der Waals surface area contributed by atoms with Gasteiger partial charge in [-0.2, -0.15) is 20.1 Å². The highest BCUT2D eigenvalue weighted by molar-refractivity contribution is 5.85. The summed E-state index contributed by atoms with van der Waals surface area (Å²) in [7, 11) is 0. The zero-order chi connectivity index (χ0) is 20.6. The van der Waals surface area contributed by atoms with E-state index in [0.717, 1.165) is 49.2 Å². The first-order valence-electron chi connectivity index (χ1n) is 11.1. The molecular weight excluding hydrogens is 374 g/mol. The molecule has 30 heavy (non-hydrogen) atoms. The number of allylic oxidation sites excluding steroid dienone is 1. The number of hydrogen-bond acceptors (Lipinski definition) is 7. The van der Waals surface area contributed by atoms with E-state index in [4.69, 9.17) is 4.98 Å². The minimum absolute atomic E-state index is 0.509. The van der Waals surface area contributed by atoms with E-state index >= 15 is 0 Å². The van der Waals surface area contributed by atoms with Gasteiger partial charge < -0.3 is 9.80 Å². The van der Waals surface area contributed by atoms with Crippen molar-refractivity contribution in [2.45, 2.75) is 45.4 Å². The van der Waals surface area contributed by atoms with Crippen LogP contribution in [0.2, 0.25) is 0 Å². The Labute approximate surface area is 178 Å². The molecule has 2 fully saturated rings. The molecule has 2 saturated heterocycles. The summed E-state index contributed by atoms with van der Waals surface area (Å²) in [5.74, 6) is 2.04. The normalized spacial score (nSPS) is 18.1. The van der Waals surface area contributed by atoms with Gasteiger partial charge in [-0.3, -0.25) is 0 Å². The van der Waals surface area contributed by atoms with E-state index in [2.05, 4.69) is 48.5 Å². The van der Waals surface area contributed by atoms with Crippen molar-refractivity contribution in [2.75, 3.05) is 41.4 Å². The minimum Gasteiger partial charge on any atom is -0.341 e. The van der Waals surface area contributed by atoms with Crippen LogP contribution in [0.15, 0.2) is 41.0 Å². The van der Waals surface area contributed by atoms with Crippen LogP contribution < -0.4 is 15.2 Å². The molecule has 7 heteroatoms. The number of aromatic nitrogens is 3. The van der Waals surface area contributed by atoms with Crippen molar-refractivity contribution < 1.29 is 0 Å². The van der Waals surface area contributed by atoms with Gasteiger partial charge >= 0.3 is 0 Å². The number of anilines is 3. The molecule has 3 heterocycles. The minimum atomic E-state index is 0.509. The first-order chi connectivity index (χ1) is 14.8. The number of benzene rings is 1. The summed E-state index contributed by atoms with van der Waals surface area (Å²) in [6, 6.07) is 10.2. The molecule has 0 aliphatic carbocycles. The smallest absolute Gasteiger partial charge is 0.250 e. The molecule has 0 atom stereocenters. The second kappa shape index (κ2) is 10.2. The Morgan fingerprint density at radius 1 is 0.833 bits per heavy atom. The molecule has 158 valence electrons. The fourth-order valence-electron chi connectivity index (χ4n) is 3.92. The van der Waals surface area contributed by atoms with E-state index in [1.54, 1.807) is 6.21 Å². The van der Waals surface area contributed by atoms with E-state index in [9.17, 15) is 0 Å². The first kappa shape index (κ1) is 20.3. The van der Waals surface area contributed by atoms with Crippen LogP contribution in [0.4, 0.5) is 17.8 Å². The summed E-state index contributed by atoms with van der Waals surface area (Å²) in [6.07, 6.45) is 11.2. The Balaban J connectivity index is 1.51. The molecule has 2 aromatic rings. The van der Waals surface area contributed by atoms with Gasteiger partial charge in [-0.15, -0.1) is 0 Å². The summed E-state index contributed by atoms with van der Waals surface area (Å²) < 4.78 is 0. The third-order valence-corrected chi connectivity index (χ3v) is 5.52. The third-order valence-electron chi connectivity index (χ3n) is 5.52. The molecule has 0 unspecified atom stereocenters. The van der Waals surface area contributed by atoms with Crippen molar-refractivity contribution in [3.63, 3.8) is 0 Å². The van der Waals surface area contributed by atoms with Gasteiger partial charge in [-0.1, -0.05) is 36.4 Å². The molecule has 2 aliphatic rings.